The maximum atomic E-state index is 10.7. The normalized spacial score (nSPS) is 10.3. The summed E-state index contributed by atoms with van der Waals surface area (Å²) in [5.41, 5.74) is 5.00. The second-order valence-corrected chi connectivity index (χ2v) is 5.48. The van der Waals surface area contributed by atoms with Crippen molar-refractivity contribution in [2.45, 2.75) is 19.8 Å². The molecule has 2 heterocycles. The summed E-state index contributed by atoms with van der Waals surface area (Å²) in [6.07, 6.45) is 2.05. The van der Waals surface area contributed by atoms with Gasteiger partial charge < -0.3 is 25.4 Å². The minimum Gasteiger partial charge on any atom is -0.466 e. The quantitative estimate of drug-likeness (QED) is 0.577. The van der Waals surface area contributed by atoms with Crippen LogP contribution >= 0.6 is 0 Å². The van der Waals surface area contributed by atoms with E-state index in [2.05, 4.69) is 37.4 Å². The Balaban J connectivity index is 2.10. The molecule has 3 N–H and O–H groups in total. The number of ether oxygens (including phenoxy) is 2. The van der Waals surface area contributed by atoms with Gasteiger partial charge in [0.1, 0.15) is 0 Å². The van der Waals surface area contributed by atoms with E-state index in [0.29, 0.717) is 11.9 Å². The molecule has 0 bridgehead atoms. The number of anilines is 2. The number of nitrogens with two attached hydrogens (primary N) is 1. The first kappa shape index (κ1) is 19.1. The maximum Gasteiger partial charge on any atom is 0.330 e. The van der Waals surface area contributed by atoms with Crippen LogP contribution in [0.4, 0.5) is 11.9 Å². The molecule has 140 valence electrons. The first-order valence-corrected chi connectivity index (χ1v) is 8.08. The van der Waals surface area contributed by atoms with Crippen molar-refractivity contribution in [2.75, 3.05) is 37.5 Å². The molecule has 2 rings (SSSR count). The molecule has 2 aromatic rings. The molecule has 11 nitrogen and oxygen atoms in total. The highest BCUT2D eigenvalue weighted by Gasteiger charge is 2.11. The van der Waals surface area contributed by atoms with E-state index in [4.69, 9.17) is 15.2 Å². The Labute approximate surface area is 151 Å². The van der Waals surface area contributed by atoms with Crippen LogP contribution < -0.4 is 25.4 Å². The molecule has 0 unspecified atom stereocenters. The number of nitrogens with one attached hydrogen (secondary N) is 1. The molecule has 0 radical (unpaired) electrons. The number of nitrogens with zero attached hydrogens (tertiary/aromatic N) is 6. The van der Waals surface area contributed by atoms with Crippen LogP contribution in [-0.4, -0.2) is 58.3 Å². The summed E-state index contributed by atoms with van der Waals surface area (Å²) in [6, 6.07) is 3.11. The number of hydrogen-bond donors (Lipinski definition) is 2. The molecule has 11 heteroatoms. The highest BCUT2D eigenvalue weighted by atomic mass is 16.5. The lowest BCUT2D eigenvalue weighted by molar-refractivity contribution is -0.120. The van der Waals surface area contributed by atoms with E-state index < -0.39 is 5.91 Å². The van der Waals surface area contributed by atoms with Crippen LogP contribution in [0, 0.1) is 0 Å². The predicted octanol–water partition coefficient (Wildman–Crippen LogP) is 0.596. The molecule has 0 aromatic carbocycles. The fourth-order valence-electron chi connectivity index (χ4n) is 1.73. The van der Waals surface area contributed by atoms with Gasteiger partial charge in [0.2, 0.25) is 23.7 Å². The van der Waals surface area contributed by atoms with Gasteiger partial charge in [-0.25, -0.2) is 0 Å². The van der Waals surface area contributed by atoms with Gasteiger partial charge in [-0.2, -0.15) is 15.0 Å². The summed E-state index contributed by atoms with van der Waals surface area (Å²) in [4.78, 5) is 25.2. The van der Waals surface area contributed by atoms with Gasteiger partial charge in [0.25, 0.3) is 5.91 Å². The van der Waals surface area contributed by atoms with Crippen LogP contribution in [0.1, 0.15) is 19.8 Å². The Hall–Kier alpha value is -3.24. The SMILES string of the molecule is CCCCNc1nc(Oc2ccc(OCC(N)=O)nn2)nc(N(C)C)n1. The number of hydrogen-bond acceptors (Lipinski definition) is 10. The molecule has 0 aliphatic carbocycles. The molecule has 1 amide bonds. The Kier molecular flexibility index (Phi) is 6.83. The van der Waals surface area contributed by atoms with E-state index in [0.717, 1.165) is 19.4 Å². The molecule has 0 saturated carbocycles. The Morgan fingerprint density at radius 1 is 1.19 bits per heavy atom. The van der Waals surface area contributed by atoms with Crippen LogP contribution in [0.5, 0.6) is 17.8 Å². The summed E-state index contributed by atoms with van der Waals surface area (Å²) in [6.45, 7) is 2.57. The van der Waals surface area contributed by atoms with Crippen molar-refractivity contribution in [3.8, 4) is 17.8 Å². The van der Waals surface area contributed by atoms with E-state index in [-0.39, 0.29) is 24.4 Å². The molecule has 2 aromatic heterocycles. The number of rotatable bonds is 10. The van der Waals surface area contributed by atoms with Crippen molar-refractivity contribution in [1.29, 1.82) is 0 Å². The summed E-state index contributed by atoms with van der Waals surface area (Å²) in [7, 11) is 3.64. The average molecular weight is 362 g/mol. The highest BCUT2D eigenvalue weighted by Crippen LogP contribution is 2.19. The van der Waals surface area contributed by atoms with Gasteiger partial charge >= 0.3 is 6.01 Å². The zero-order valence-electron chi connectivity index (χ0n) is 15.0. The third kappa shape index (κ3) is 6.00. The summed E-state index contributed by atoms with van der Waals surface area (Å²) < 4.78 is 10.6. The van der Waals surface area contributed by atoms with Crippen LogP contribution in [0.15, 0.2) is 12.1 Å². The van der Waals surface area contributed by atoms with Gasteiger partial charge in [-0.05, 0) is 6.42 Å². The van der Waals surface area contributed by atoms with Crippen LogP contribution in [0.3, 0.4) is 0 Å². The van der Waals surface area contributed by atoms with Gasteiger partial charge in [-0.3, -0.25) is 4.79 Å². The predicted molar refractivity (Wildman–Crippen MR) is 94.3 cm³/mol. The summed E-state index contributed by atoms with van der Waals surface area (Å²) in [5.74, 6) is 0.594. The van der Waals surface area contributed by atoms with Crippen LogP contribution in [0.2, 0.25) is 0 Å². The molecule has 0 saturated heterocycles. The van der Waals surface area contributed by atoms with Crippen molar-refractivity contribution >= 4 is 17.8 Å². The highest BCUT2D eigenvalue weighted by molar-refractivity contribution is 5.75. The van der Waals surface area contributed by atoms with Crippen molar-refractivity contribution in [1.82, 2.24) is 25.1 Å². The van der Waals surface area contributed by atoms with Gasteiger partial charge in [0, 0.05) is 32.8 Å². The van der Waals surface area contributed by atoms with E-state index in [1.165, 1.54) is 12.1 Å². The molecule has 0 aliphatic rings. The average Bonchev–Trinajstić information content (AvgIpc) is 2.61. The number of carbonyl (C=O) groups excluding carboxylic acids is 1. The standard InChI is InChI=1S/C15H22N8O3/c1-4-5-8-17-13-18-14(23(2)3)20-15(19-13)26-12-7-6-11(21-22-12)25-9-10(16)24/h6-7H,4-5,8-9H2,1-3H3,(H2,16,24)(H,17,18,19,20). The minimum absolute atomic E-state index is 0.0859. The topological polar surface area (TPSA) is 141 Å². The smallest absolute Gasteiger partial charge is 0.330 e. The van der Waals surface area contributed by atoms with E-state index in [1.54, 1.807) is 4.90 Å². The van der Waals surface area contributed by atoms with Gasteiger partial charge in [-0.1, -0.05) is 13.3 Å². The Morgan fingerprint density at radius 3 is 2.54 bits per heavy atom. The number of aromatic nitrogens is 5. The van der Waals surface area contributed by atoms with Crippen LogP contribution in [0.25, 0.3) is 0 Å². The minimum atomic E-state index is -0.600. The first-order valence-electron chi connectivity index (χ1n) is 8.08. The van der Waals surface area contributed by atoms with Crippen molar-refractivity contribution < 1.29 is 14.3 Å². The molecule has 0 aliphatic heterocycles. The fourth-order valence-corrected chi connectivity index (χ4v) is 1.73. The Bertz CT molecular complexity index is 723. The molecule has 0 spiro atoms. The monoisotopic (exact) mass is 362 g/mol. The number of unbranched alkanes of at least 4 members (excludes halogenated alkanes) is 1. The molecule has 0 fully saturated rings. The second-order valence-electron chi connectivity index (χ2n) is 5.48. The fraction of sp³-hybridized carbons (Fsp3) is 0.467. The largest absolute Gasteiger partial charge is 0.466 e. The second kappa shape index (κ2) is 9.30. The molecule has 26 heavy (non-hydrogen) atoms. The lowest BCUT2D eigenvalue weighted by Crippen LogP contribution is -2.20. The van der Waals surface area contributed by atoms with Gasteiger partial charge in [0.05, 0.1) is 0 Å². The lowest BCUT2D eigenvalue weighted by Gasteiger charge is -2.13. The summed E-state index contributed by atoms with van der Waals surface area (Å²) in [5, 5.41) is 10.8. The molecular formula is C15H22N8O3. The molecule has 0 atom stereocenters. The van der Waals surface area contributed by atoms with E-state index in [9.17, 15) is 4.79 Å². The van der Waals surface area contributed by atoms with Crippen molar-refractivity contribution in [3.05, 3.63) is 12.1 Å². The maximum absolute atomic E-state index is 10.7. The third-order valence-corrected chi connectivity index (χ3v) is 2.99. The third-order valence-electron chi connectivity index (χ3n) is 2.99. The van der Waals surface area contributed by atoms with Gasteiger partial charge in [0.15, 0.2) is 6.61 Å². The molecular weight excluding hydrogens is 340 g/mol. The van der Waals surface area contributed by atoms with Crippen molar-refractivity contribution in [2.24, 2.45) is 5.73 Å². The first-order chi connectivity index (χ1) is 12.5. The number of primary amides is 1. The zero-order chi connectivity index (χ0) is 18.9. The van der Waals surface area contributed by atoms with Crippen molar-refractivity contribution in [3.63, 3.8) is 0 Å². The van der Waals surface area contributed by atoms with E-state index in [1.807, 2.05) is 14.1 Å². The number of amides is 1. The van der Waals surface area contributed by atoms with Crippen LogP contribution in [-0.2, 0) is 4.79 Å². The van der Waals surface area contributed by atoms with E-state index >= 15 is 0 Å². The Morgan fingerprint density at radius 2 is 1.92 bits per heavy atom. The zero-order valence-corrected chi connectivity index (χ0v) is 15.0. The lowest BCUT2D eigenvalue weighted by atomic mass is 10.3. The van der Waals surface area contributed by atoms with Gasteiger partial charge in [-0.15, -0.1) is 10.2 Å². The summed E-state index contributed by atoms with van der Waals surface area (Å²) >= 11 is 0. The number of carbonyl (C=O) groups is 1.